The molecule has 0 bridgehead atoms. The minimum absolute atomic E-state index is 0.0592. The van der Waals surface area contributed by atoms with Crippen molar-refractivity contribution in [3.05, 3.63) is 53.6 Å². The SMILES string of the molecule is O=C(NCCc1ccc2c(c1)OCO2)c1cccc(S(=O)(=O)NC[C@H]2CCCO2)c1. The van der Waals surface area contributed by atoms with Gasteiger partial charge in [-0.25, -0.2) is 13.1 Å². The van der Waals surface area contributed by atoms with E-state index in [1.807, 2.05) is 18.2 Å². The fourth-order valence-corrected chi connectivity index (χ4v) is 4.53. The molecular weight excluding hydrogens is 408 g/mol. The summed E-state index contributed by atoms with van der Waals surface area (Å²) in [6.07, 6.45) is 2.30. The van der Waals surface area contributed by atoms with Gasteiger partial charge in [0.15, 0.2) is 11.5 Å². The zero-order valence-corrected chi connectivity index (χ0v) is 17.2. The van der Waals surface area contributed by atoms with Gasteiger partial charge in [0.25, 0.3) is 5.91 Å². The Morgan fingerprint density at radius 2 is 1.97 bits per heavy atom. The molecule has 1 saturated heterocycles. The molecule has 2 aromatic rings. The van der Waals surface area contributed by atoms with Crippen molar-refractivity contribution in [2.75, 3.05) is 26.5 Å². The van der Waals surface area contributed by atoms with Gasteiger partial charge in [-0.1, -0.05) is 12.1 Å². The van der Waals surface area contributed by atoms with E-state index >= 15 is 0 Å². The molecule has 0 saturated carbocycles. The third-order valence-corrected chi connectivity index (χ3v) is 6.49. The Morgan fingerprint density at radius 1 is 1.10 bits per heavy atom. The molecule has 0 spiro atoms. The van der Waals surface area contributed by atoms with Crippen LogP contribution in [0.3, 0.4) is 0 Å². The highest BCUT2D eigenvalue weighted by atomic mass is 32.2. The fraction of sp³-hybridized carbons (Fsp3) is 0.381. The first-order valence-electron chi connectivity index (χ1n) is 9.89. The molecule has 0 aliphatic carbocycles. The molecule has 2 aliphatic rings. The van der Waals surface area contributed by atoms with Gasteiger partial charge in [-0.15, -0.1) is 0 Å². The predicted molar refractivity (Wildman–Crippen MR) is 109 cm³/mol. The summed E-state index contributed by atoms with van der Waals surface area (Å²) in [7, 11) is -3.71. The number of hydrogen-bond acceptors (Lipinski definition) is 6. The topological polar surface area (TPSA) is 103 Å². The van der Waals surface area contributed by atoms with Crippen LogP contribution in [0.2, 0.25) is 0 Å². The third kappa shape index (κ3) is 4.92. The fourth-order valence-electron chi connectivity index (χ4n) is 3.41. The quantitative estimate of drug-likeness (QED) is 0.660. The summed E-state index contributed by atoms with van der Waals surface area (Å²) >= 11 is 0. The number of ether oxygens (including phenoxy) is 3. The molecule has 1 amide bonds. The highest BCUT2D eigenvalue weighted by Crippen LogP contribution is 2.32. The van der Waals surface area contributed by atoms with E-state index in [-0.39, 0.29) is 30.2 Å². The lowest BCUT2D eigenvalue weighted by Crippen LogP contribution is -2.32. The summed E-state index contributed by atoms with van der Waals surface area (Å²) in [4.78, 5) is 12.5. The standard InChI is InChI=1S/C21H24N2O6S/c24-21(22-9-8-15-6-7-19-20(11-15)29-14-28-19)16-3-1-5-18(12-16)30(25,26)23-13-17-4-2-10-27-17/h1,3,5-7,11-12,17,23H,2,4,8-10,13-14H2,(H,22,24)/t17-/m1/s1. The molecule has 160 valence electrons. The number of rotatable bonds is 8. The Hall–Kier alpha value is -2.62. The average Bonchev–Trinajstić information content (AvgIpc) is 3.44. The van der Waals surface area contributed by atoms with Crippen molar-refractivity contribution < 1.29 is 27.4 Å². The van der Waals surface area contributed by atoms with E-state index in [1.54, 1.807) is 12.1 Å². The normalized spacial score (nSPS) is 17.8. The lowest BCUT2D eigenvalue weighted by molar-refractivity contribution is 0.0954. The van der Waals surface area contributed by atoms with Gasteiger partial charge >= 0.3 is 0 Å². The number of amides is 1. The van der Waals surface area contributed by atoms with Crippen molar-refractivity contribution in [2.45, 2.75) is 30.3 Å². The molecule has 9 heteroatoms. The van der Waals surface area contributed by atoms with E-state index in [2.05, 4.69) is 10.0 Å². The zero-order valence-electron chi connectivity index (χ0n) is 16.4. The Labute approximate surface area is 175 Å². The first-order chi connectivity index (χ1) is 14.5. The van der Waals surface area contributed by atoms with Crippen molar-refractivity contribution in [3.8, 4) is 11.5 Å². The predicted octanol–water partition coefficient (Wildman–Crippen LogP) is 1.85. The van der Waals surface area contributed by atoms with E-state index in [0.717, 1.165) is 18.4 Å². The number of carbonyl (C=O) groups is 1. The summed E-state index contributed by atoms with van der Waals surface area (Å²) in [5, 5.41) is 2.82. The van der Waals surface area contributed by atoms with E-state index < -0.39 is 10.0 Å². The van der Waals surface area contributed by atoms with Gasteiger partial charge in [0.2, 0.25) is 16.8 Å². The Kier molecular flexibility index (Phi) is 6.21. The van der Waals surface area contributed by atoms with Gasteiger partial charge in [0.05, 0.1) is 11.0 Å². The molecule has 0 aromatic heterocycles. The van der Waals surface area contributed by atoms with Crippen LogP contribution in [-0.2, 0) is 21.2 Å². The van der Waals surface area contributed by atoms with Crippen LogP contribution >= 0.6 is 0 Å². The van der Waals surface area contributed by atoms with Crippen LogP contribution in [-0.4, -0.2) is 46.9 Å². The van der Waals surface area contributed by atoms with Crippen molar-refractivity contribution in [1.82, 2.24) is 10.0 Å². The number of nitrogens with one attached hydrogen (secondary N) is 2. The number of benzene rings is 2. The summed E-state index contributed by atoms with van der Waals surface area (Å²) in [6.45, 7) is 1.52. The lowest BCUT2D eigenvalue weighted by atomic mass is 10.1. The first kappa shape index (κ1) is 20.6. The number of sulfonamides is 1. The van der Waals surface area contributed by atoms with Gasteiger partial charge in [-0.3, -0.25) is 4.79 Å². The summed E-state index contributed by atoms with van der Waals surface area (Å²) in [5.41, 5.74) is 1.30. The zero-order chi connectivity index (χ0) is 21.0. The maximum Gasteiger partial charge on any atom is 0.251 e. The first-order valence-corrected chi connectivity index (χ1v) is 11.4. The largest absolute Gasteiger partial charge is 0.454 e. The molecular formula is C21H24N2O6S. The molecule has 1 atom stereocenters. The Balaban J connectivity index is 1.32. The Morgan fingerprint density at radius 3 is 2.80 bits per heavy atom. The van der Waals surface area contributed by atoms with Crippen LogP contribution < -0.4 is 19.5 Å². The highest BCUT2D eigenvalue weighted by molar-refractivity contribution is 7.89. The maximum atomic E-state index is 12.5. The van der Waals surface area contributed by atoms with E-state index in [4.69, 9.17) is 14.2 Å². The van der Waals surface area contributed by atoms with Gasteiger partial charge in [0, 0.05) is 25.3 Å². The smallest absolute Gasteiger partial charge is 0.251 e. The monoisotopic (exact) mass is 432 g/mol. The van der Waals surface area contributed by atoms with Crippen molar-refractivity contribution in [1.29, 1.82) is 0 Å². The van der Waals surface area contributed by atoms with Crippen LogP contribution in [0.15, 0.2) is 47.4 Å². The molecule has 1 fully saturated rings. The van der Waals surface area contributed by atoms with Gasteiger partial charge in [-0.05, 0) is 55.2 Å². The van der Waals surface area contributed by atoms with Crippen molar-refractivity contribution >= 4 is 15.9 Å². The van der Waals surface area contributed by atoms with Crippen LogP contribution in [0.1, 0.15) is 28.8 Å². The summed E-state index contributed by atoms with van der Waals surface area (Å²) < 4.78 is 43.7. The second-order valence-electron chi connectivity index (χ2n) is 7.21. The average molecular weight is 432 g/mol. The van der Waals surface area contributed by atoms with Crippen LogP contribution in [0.5, 0.6) is 11.5 Å². The highest BCUT2D eigenvalue weighted by Gasteiger charge is 2.21. The van der Waals surface area contributed by atoms with Crippen molar-refractivity contribution in [3.63, 3.8) is 0 Å². The maximum absolute atomic E-state index is 12.5. The number of hydrogen-bond donors (Lipinski definition) is 2. The van der Waals surface area contributed by atoms with Crippen LogP contribution in [0.4, 0.5) is 0 Å². The molecule has 2 aromatic carbocycles. The molecule has 30 heavy (non-hydrogen) atoms. The minimum atomic E-state index is -3.71. The van der Waals surface area contributed by atoms with E-state index in [9.17, 15) is 13.2 Å². The number of fused-ring (bicyclic) bond motifs is 1. The molecule has 4 rings (SSSR count). The molecule has 0 radical (unpaired) electrons. The van der Waals surface area contributed by atoms with Gasteiger partial charge in [-0.2, -0.15) is 0 Å². The molecule has 2 N–H and O–H groups in total. The summed E-state index contributed by atoms with van der Waals surface area (Å²) in [6, 6.07) is 11.7. The summed E-state index contributed by atoms with van der Waals surface area (Å²) in [5.74, 6) is 1.09. The van der Waals surface area contributed by atoms with Crippen molar-refractivity contribution in [2.24, 2.45) is 0 Å². The van der Waals surface area contributed by atoms with Crippen LogP contribution in [0.25, 0.3) is 0 Å². The lowest BCUT2D eigenvalue weighted by Gasteiger charge is -2.12. The third-order valence-electron chi connectivity index (χ3n) is 5.07. The van der Waals surface area contributed by atoms with Gasteiger partial charge in [0.1, 0.15) is 0 Å². The minimum Gasteiger partial charge on any atom is -0.454 e. The Bertz CT molecular complexity index is 1020. The second-order valence-corrected chi connectivity index (χ2v) is 8.98. The molecule has 2 aliphatic heterocycles. The molecule has 8 nitrogen and oxygen atoms in total. The van der Waals surface area contributed by atoms with Crippen LogP contribution in [0, 0.1) is 0 Å². The van der Waals surface area contributed by atoms with Gasteiger partial charge < -0.3 is 19.5 Å². The molecule has 0 unspecified atom stereocenters. The second kappa shape index (κ2) is 9.03. The van der Waals surface area contributed by atoms with E-state index in [1.165, 1.54) is 12.1 Å². The molecule has 2 heterocycles. The van der Waals surface area contributed by atoms with E-state index in [0.29, 0.717) is 36.6 Å². The number of carbonyl (C=O) groups excluding carboxylic acids is 1.